The second-order valence-electron chi connectivity index (χ2n) is 21.9. The largest absolute Gasteiger partial charge is 0.573 e. The number of carboxylic acid groups (broad SMARTS) is 1. The van der Waals surface area contributed by atoms with Gasteiger partial charge in [-0.15, -0.1) is 18.3 Å². The number of aliphatic carboxylic acids is 1. The van der Waals surface area contributed by atoms with Gasteiger partial charge in [-0.3, -0.25) is 24.1 Å². The first-order chi connectivity index (χ1) is 37.7. The van der Waals surface area contributed by atoms with Gasteiger partial charge in [-0.1, -0.05) is 88.5 Å². The lowest BCUT2D eigenvalue weighted by Gasteiger charge is -2.38. The first-order valence-corrected chi connectivity index (χ1v) is 29.2. The average Bonchev–Trinajstić information content (AvgIpc) is 4.23. The Morgan fingerprint density at radius 2 is 1.37 bits per heavy atom. The molecule has 1 saturated heterocycles. The minimum atomic E-state index is -4.83. The van der Waals surface area contributed by atoms with Gasteiger partial charge in [0, 0.05) is 83.7 Å². The molecule has 1 aromatic heterocycles. The molecule has 3 amide bonds. The molecule has 78 heavy (non-hydrogen) atoms. The molecule has 0 radical (unpaired) electrons. The van der Waals surface area contributed by atoms with Crippen molar-refractivity contribution in [2.75, 3.05) is 65.4 Å². The number of carbonyl (C=O) groups excluding carboxylic acids is 3. The second kappa shape index (κ2) is 32.7. The number of alkyl halides is 3. The quantitative estimate of drug-likeness (QED) is 0.0302. The van der Waals surface area contributed by atoms with Gasteiger partial charge in [-0.2, -0.15) is 0 Å². The molecule has 3 aromatic rings. The maximum absolute atomic E-state index is 13.6. The third-order valence-electron chi connectivity index (χ3n) is 15.7. The van der Waals surface area contributed by atoms with Gasteiger partial charge in [0.15, 0.2) is 0 Å². The lowest BCUT2D eigenvalue weighted by molar-refractivity contribution is -0.275. The van der Waals surface area contributed by atoms with E-state index in [1.54, 1.807) is 23.7 Å². The van der Waals surface area contributed by atoms with Gasteiger partial charge in [0.2, 0.25) is 17.7 Å². The Labute approximate surface area is 459 Å². The number of hydrogen-bond donors (Lipinski definition) is 6. The zero-order chi connectivity index (χ0) is 55.7. The summed E-state index contributed by atoms with van der Waals surface area (Å²) in [6.45, 7) is 7.05. The fourth-order valence-corrected chi connectivity index (χ4v) is 11.1. The van der Waals surface area contributed by atoms with Crippen molar-refractivity contribution in [1.82, 2.24) is 40.7 Å². The molecule has 6 rings (SSSR count). The average molecular weight is 1100 g/mol. The summed E-state index contributed by atoms with van der Waals surface area (Å²) in [6.07, 6.45) is 17.8. The zero-order valence-electron chi connectivity index (χ0n) is 46.2. The van der Waals surface area contributed by atoms with Gasteiger partial charge in [0.1, 0.15) is 17.6 Å². The summed E-state index contributed by atoms with van der Waals surface area (Å²) in [6, 6.07) is 11.0. The molecule has 2 fully saturated rings. The maximum atomic E-state index is 13.6. The smallest absolute Gasteiger partial charge is 0.490 e. The molecule has 1 saturated carbocycles. The topological polar surface area (TPSA) is 232 Å². The minimum Gasteiger partial charge on any atom is -0.490 e. The summed E-state index contributed by atoms with van der Waals surface area (Å²) in [5.74, 6) is -0.102. The minimum absolute atomic E-state index is 0.0202. The van der Waals surface area contributed by atoms with Gasteiger partial charge in [0.05, 0.1) is 23.5 Å². The normalized spacial score (nSPS) is 16.8. The van der Waals surface area contributed by atoms with Crippen molar-refractivity contribution in [3.8, 4) is 17.2 Å². The van der Waals surface area contributed by atoms with Crippen LogP contribution in [0.5, 0.6) is 11.5 Å². The van der Waals surface area contributed by atoms with Crippen LogP contribution in [0.15, 0.2) is 42.6 Å². The van der Waals surface area contributed by atoms with E-state index in [-0.39, 0.29) is 48.3 Å². The lowest BCUT2D eigenvalue weighted by Crippen LogP contribution is -2.40. The Morgan fingerprint density at radius 1 is 0.769 bits per heavy atom. The fraction of sp³-hybridized carbons (Fsp3) is 0.690. The van der Waals surface area contributed by atoms with Crippen molar-refractivity contribution in [1.29, 1.82) is 0 Å². The molecule has 434 valence electrons. The molecule has 2 aliphatic heterocycles. The molecule has 1 aliphatic carbocycles. The number of amides is 3. The summed E-state index contributed by atoms with van der Waals surface area (Å²) in [4.78, 5) is 52.8. The predicted octanol–water partition coefficient (Wildman–Crippen LogP) is 7.95. The van der Waals surface area contributed by atoms with Crippen LogP contribution >= 0.6 is 0 Å². The van der Waals surface area contributed by atoms with Gasteiger partial charge in [-0.25, -0.2) is 4.68 Å². The van der Waals surface area contributed by atoms with E-state index in [2.05, 4.69) is 54.1 Å². The molecule has 0 unspecified atom stereocenters. The van der Waals surface area contributed by atoms with Crippen molar-refractivity contribution in [3.63, 3.8) is 0 Å². The summed E-state index contributed by atoms with van der Waals surface area (Å²) >= 11 is 0. The number of piperidine rings is 1. The van der Waals surface area contributed by atoms with Crippen molar-refractivity contribution in [2.24, 2.45) is 29.2 Å². The Bertz CT molecular complexity index is 2280. The molecular weight excluding hydrogens is 1010 g/mol. The van der Waals surface area contributed by atoms with Crippen LogP contribution in [0, 0.1) is 17.8 Å². The van der Waals surface area contributed by atoms with Crippen LogP contribution in [0.2, 0.25) is 0 Å². The number of hydrogen-bond acceptors (Lipinski definition) is 12. The third kappa shape index (κ3) is 21.7. The monoisotopic (exact) mass is 1090 g/mol. The van der Waals surface area contributed by atoms with Crippen LogP contribution in [0.1, 0.15) is 164 Å². The van der Waals surface area contributed by atoms with E-state index in [0.717, 1.165) is 112 Å². The van der Waals surface area contributed by atoms with Crippen LogP contribution < -0.4 is 36.9 Å². The number of fused-ring (bicyclic) bond motifs is 1. The number of benzene rings is 2. The zero-order valence-corrected chi connectivity index (χ0v) is 46.2. The number of aromatic nitrogens is 3. The van der Waals surface area contributed by atoms with Crippen LogP contribution in [-0.4, -0.2) is 132 Å². The van der Waals surface area contributed by atoms with Crippen molar-refractivity contribution < 1.29 is 46.9 Å². The Kier molecular flexibility index (Phi) is 25.9. The number of rotatable bonds is 37. The van der Waals surface area contributed by atoms with E-state index in [1.807, 2.05) is 11.1 Å². The summed E-state index contributed by atoms with van der Waals surface area (Å²) in [5, 5.41) is 27.0. The summed E-state index contributed by atoms with van der Waals surface area (Å²) in [7, 11) is 0. The van der Waals surface area contributed by atoms with E-state index in [4.69, 9.17) is 16.2 Å². The number of aryl methyl sites for hydroxylation is 2. The summed E-state index contributed by atoms with van der Waals surface area (Å²) < 4.78 is 53.6. The van der Waals surface area contributed by atoms with Gasteiger partial charge < -0.3 is 46.9 Å². The molecule has 0 spiro atoms. The van der Waals surface area contributed by atoms with E-state index >= 15 is 0 Å². The van der Waals surface area contributed by atoms with Crippen LogP contribution in [0.3, 0.4) is 0 Å². The lowest BCUT2D eigenvalue weighted by atomic mass is 9.81. The number of nitrogens with zero attached hydrogens (tertiary/aromatic N) is 5. The van der Waals surface area contributed by atoms with Crippen LogP contribution in [0.25, 0.3) is 5.69 Å². The molecular formula is C58H89F3N10O7. The Balaban J connectivity index is 0.821. The van der Waals surface area contributed by atoms with Crippen molar-refractivity contribution in [2.45, 2.75) is 173 Å². The number of nitrogens with two attached hydrogens (primary N) is 2. The highest BCUT2D eigenvalue weighted by molar-refractivity contribution is 5.77. The SMILES string of the molecule is C[C@H](C(=O)O)[C@H](c1ccc2c(c1)O[C@@H](C1CCN(Cc3cc(-n4cc(CCCCCCCCCCCCCCC(=O)NCCN(CCC(=O)NCCN)CCC(=O)NCCN)nn4)ccc3OC(F)(F)F)CC1)CC2)C1CC1. The molecule has 0 bridgehead atoms. The number of carboxylic acids is 1. The molecule has 8 N–H and O–H groups in total. The Morgan fingerprint density at radius 3 is 1.97 bits per heavy atom. The number of unbranched alkanes of at least 4 members (excludes halogenated alkanes) is 11. The molecule has 3 heterocycles. The molecule has 3 aliphatic rings. The number of likely N-dealkylation sites (tertiary alicyclic amines) is 1. The molecule has 17 nitrogen and oxygen atoms in total. The number of ether oxygens (including phenoxy) is 2. The molecule has 20 heteroatoms. The Hall–Kier alpha value is -5.31. The van der Waals surface area contributed by atoms with Crippen molar-refractivity contribution >= 4 is 23.7 Å². The van der Waals surface area contributed by atoms with Crippen LogP contribution in [-0.2, 0) is 38.6 Å². The third-order valence-corrected chi connectivity index (χ3v) is 15.7. The highest BCUT2D eigenvalue weighted by Gasteiger charge is 2.40. The summed E-state index contributed by atoms with van der Waals surface area (Å²) in [5.41, 5.74) is 15.0. The second-order valence-corrected chi connectivity index (χ2v) is 21.9. The van der Waals surface area contributed by atoms with E-state index in [0.29, 0.717) is 101 Å². The van der Waals surface area contributed by atoms with E-state index in [1.165, 1.54) is 38.2 Å². The highest BCUT2D eigenvalue weighted by Crippen LogP contribution is 2.48. The van der Waals surface area contributed by atoms with E-state index < -0.39 is 18.2 Å². The standard InChI is InChI=1S/C58H89F3N10O7/c1-42(57(75)76)56(45-17-18-45)46-19-16-43-20-22-50(77-52(43)39-46)44-24-33-70(34-25-44)40-47-38-49(21-23-51(47)78-58(59,60)61)71-41-48(67-68-71)14-12-10-8-6-4-2-3-5-7-9-11-13-15-53(72)66-32-37-69(35-26-54(73)64-30-28-62)36-27-55(74)65-31-29-63/h16,19,21,23,38-39,41-42,44-45,50,56H,2-15,17-18,20,22,24-37,40,62-63H2,1H3,(H,64,73)(H,65,74)(H,66,72)(H,75,76)/t42-,50+,56-/m0/s1. The molecule has 2 aromatic carbocycles. The first kappa shape index (κ1) is 61.9. The van der Waals surface area contributed by atoms with Gasteiger partial charge >= 0.3 is 12.3 Å². The van der Waals surface area contributed by atoms with Crippen LogP contribution in [0.4, 0.5) is 13.2 Å². The maximum Gasteiger partial charge on any atom is 0.573 e. The van der Waals surface area contributed by atoms with Crippen molar-refractivity contribution in [3.05, 3.63) is 65.0 Å². The first-order valence-electron chi connectivity index (χ1n) is 29.2. The van der Waals surface area contributed by atoms with Gasteiger partial charge in [0.25, 0.3) is 0 Å². The number of halogens is 3. The molecule has 3 atom stereocenters. The fourth-order valence-electron chi connectivity index (χ4n) is 11.1. The van der Waals surface area contributed by atoms with Gasteiger partial charge in [-0.05, 0) is 124 Å². The highest BCUT2D eigenvalue weighted by atomic mass is 19.4. The van der Waals surface area contributed by atoms with E-state index in [9.17, 15) is 37.5 Å². The predicted molar refractivity (Wildman–Crippen MR) is 294 cm³/mol. The number of carbonyl (C=O) groups is 4. The number of nitrogens with one attached hydrogen (secondary N) is 3.